The molecule has 1 atom stereocenters. The number of nitrogens with zero attached hydrogens (tertiary/aromatic N) is 1. The predicted octanol–water partition coefficient (Wildman–Crippen LogP) is 2.35. The first kappa shape index (κ1) is 17.6. The van der Waals surface area contributed by atoms with E-state index in [9.17, 15) is 4.79 Å². The molecule has 0 radical (unpaired) electrons. The highest BCUT2D eigenvalue weighted by Gasteiger charge is 2.34. The number of aromatic amines is 1. The zero-order valence-electron chi connectivity index (χ0n) is 14.8. The van der Waals surface area contributed by atoms with Crippen molar-refractivity contribution in [3.05, 3.63) is 53.3 Å². The summed E-state index contributed by atoms with van der Waals surface area (Å²) in [5.41, 5.74) is 2.37. The van der Waals surface area contributed by atoms with Crippen LogP contribution in [0.15, 0.2) is 36.4 Å². The molecule has 1 amide bonds. The smallest absolute Gasteiger partial charge is 0.271 e. The Hall–Kier alpha value is -2.18. The Bertz CT molecular complexity index is 692. The predicted molar refractivity (Wildman–Crippen MR) is 96.4 cm³/mol. The van der Waals surface area contributed by atoms with Crippen LogP contribution in [0.5, 0.6) is 0 Å². The monoisotopic (exact) mass is 342 g/mol. The van der Waals surface area contributed by atoms with Gasteiger partial charge in [-0.2, -0.15) is 5.10 Å². The number of benzene rings is 1. The van der Waals surface area contributed by atoms with E-state index in [4.69, 9.17) is 4.74 Å². The van der Waals surface area contributed by atoms with E-state index in [1.807, 2.05) is 25.1 Å². The fourth-order valence-electron chi connectivity index (χ4n) is 3.29. The highest BCUT2D eigenvalue weighted by molar-refractivity contribution is 5.92. The Labute approximate surface area is 148 Å². The molecule has 0 spiro atoms. The summed E-state index contributed by atoms with van der Waals surface area (Å²) < 4.78 is 5.54. The molecule has 1 aliphatic heterocycles. The molecule has 2 aromatic rings. The maximum Gasteiger partial charge on any atom is 0.271 e. The quantitative estimate of drug-likeness (QED) is 0.753. The molecule has 1 unspecified atom stereocenters. The summed E-state index contributed by atoms with van der Waals surface area (Å²) in [5, 5.41) is 13.6. The largest absolute Gasteiger partial charge is 0.381 e. The minimum Gasteiger partial charge on any atom is -0.381 e. The number of ether oxygens (including phenoxy) is 1. The Morgan fingerprint density at radius 2 is 2.04 bits per heavy atom. The highest BCUT2D eigenvalue weighted by Crippen LogP contribution is 2.25. The third-order valence-corrected chi connectivity index (χ3v) is 4.80. The van der Waals surface area contributed by atoms with Gasteiger partial charge in [0, 0.05) is 37.0 Å². The Kier molecular flexibility index (Phi) is 5.50. The van der Waals surface area contributed by atoms with Crippen LogP contribution in [0.4, 0.5) is 0 Å². The number of amides is 1. The topological polar surface area (TPSA) is 79.0 Å². The zero-order valence-corrected chi connectivity index (χ0v) is 14.8. The third-order valence-electron chi connectivity index (χ3n) is 4.80. The lowest BCUT2D eigenvalue weighted by Gasteiger charge is -2.40. The standard InChI is InChI=1S/C19H26N4O2/c1-14-12-17(23-22-14)18(24)20-13-19(8-10-25-11-9-19)21-15(2)16-6-4-3-5-7-16/h3-7,12,15,21H,8-11,13H2,1-2H3,(H,20,24)(H,22,23). The number of aromatic nitrogens is 2. The third kappa shape index (κ3) is 4.46. The van der Waals surface area contributed by atoms with E-state index in [0.29, 0.717) is 25.5 Å². The second kappa shape index (κ2) is 7.80. The van der Waals surface area contributed by atoms with Crippen molar-refractivity contribution in [1.29, 1.82) is 0 Å². The maximum atomic E-state index is 12.3. The molecule has 0 aliphatic carbocycles. The van der Waals surface area contributed by atoms with Crippen molar-refractivity contribution in [2.75, 3.05) is 19.8 Å². The van der Waals surface area contributed by atoms with Gasteiger partial charge < -0.3 is 15.4 Å². The van der Waals surface area contributed by atoms with E-state index in [1.165, 1.54) is 5.56 Å². The van der Waals surface area contributed by atoms with Crippen LogP contribution in [0.25, 0.3) is 0 Å². The number of carbonyl (C=O) groups is 1. The number of aryl methyl sites for hydroxylation is 1. The van der Waals surface area contributed by atoms with Crippen LogP contribution in [-0.2, 0) is 4.74 Å². The van der Waals surface area contributed by atoms with Gasteiger partial charge in [0.1, 0.15) is 5.69 Å². The van der Waals surface area contributed by atoms with Crippen LogP contribution in [-0.4, -0.2) is 41.4 Å². The minimum atomic E-state index is -0.172. The fraction of sp³-hybridized carbons (Fsp3) is 0.474. The van der Waals surface area contributed by atoms with E-state index in [1.54, 1.807) is 6.07 Å². The van der Waals surface area contributed by atoms with Crippen molar-refractivity contribution in [2.24, 2.45) is 0 Å². The van der Waals surface area contributed by atoms with E-state index in [0.717, 1.165) is 18.5 Å². The highest BCUT2D eigenvalue weighted by atomic mass is 16.5. The molecule has 1 fully saturated rings. The van der Waals surface area contributed by atoms with E-state index >= 15 is 0 Å². The van der Waals surface area contributed by atoms with Gasteiger partial charge in [-0.15, -0.1) is 0 Å². The van der Waals surface area contributed by atoms with Gasteiger partial charge in [-0.25, -0.2) is 0 Å². The van der Waals surface area contributed by atoms with E-state index < -0.39 is 0 Å². The molecule has 1 aliphatic rings. The second-order valence-corrected chi connectivity index (χ2v) is 6.79. The Morgan fingerprint density at radius 3 is 2.68 bits per heavy atom. The summed E-state index contributed by atoms with van der Waals surface area (Å²) in [6.45, 7) is 5.99. The Balaban J connectivity index is 1.67. The molecule has 1 aromatic heterocycles. The first-order chi connectivity index (χ1) is 12.1. The molecule has 0 saturated carbocycles. The summed E-state index contributed by atoms with van der Waals surface area (Å²) in [6, 6.07) is 12.3. The summed E-state index contributed by atoms with van der Waals surface area (Å²) in [6.07, 6.45) is 1.73. The molecule has 1 aromatic carbocycles. The van der Waals surface area contributed by atoms with Gasteiger partial charge in [0.25, 0.3) is 5.91 Å². The normalized spacial score (nSPS) is 17.8. The fourth-order valence-corrected chi connectivity index (χ4v) is 3.29. The van der Waals surface area contributed by atoms with Crippen molar-refractivity contribution in [2.45, 2.75) is 38.3 Å². The van der Waals surface area contributed by atoms with E-state index in [2.05, 4.69) is 39.9 Å². The second-order valence-electron chi connectivity index (χ2n) is 6.79. The summed E-state index contributed by atoms with van der Waals surface area (Å²) >= 11 is 0. The summed E-state index contributed by atoms with van der Waals surface area (Å²) in [5.74, 6) is -0.149. The number of hydrogen-bond donors (Lipinski definition) is 3. The van der Waals surface area contributed by atoms with Crippen molar-refractivity contribution in [1.82, 2.24) is 20.8 Å². The maximum absolute atomic E-state index is 12.3. The number of nitrogens with one attached hydrogen (secondary N) is 3. The lowest BCUT2D eigenvalue weighted by molar-refractivity contribution is 0.0332. The minimum absolute atomic E-state index is 0.149. The first-order valence-corrected chi connectivity index (χ1v) is 8.79. The van der Waals surface area contributed by atoms with Gasteiger partial charge in [0.15, 0.2) is 0 Å². The molecule has 1 saturated heterocycles. The van der Waals surface area contributed by atoms with Crippen LogP contribution in [0.2, 0.25) is 0 Å². The average Bonchev–Trinajstić information content (AvgIpc) is 3.08. The molecular weight excluding hydrogens is 316 g/mol. The average molecular weight is 342 g/mol. The first-order valence-electron chi connectivity index (χ1n) is 8.79. The molecule has 25 heavy (non-hydrogen) atoms. The number of carbonyl (C=O) groups excluding carboxylic acids is 1. The van der Waals surface area contributed by atoms with Gasteiger partial charge in [0.05, 0.1) is 0 Å². The molecule has 2 heterocycles. The number of H-pyrrole nitrogens is 1. The lowest BCUT2D eigenvalue weighted by atomic mass is 9.88. The van der Waals surface area contributed by atoms with Crippen LogP contribution < -0.4 is 10.6 Å². The number of rotatable bonds is 6. The molecule has 0 bridgehead atoms. The summed E-state index contributed by atoms with van der Waals surface area (Å²) in [7, 11) is 0. The van der Waals surface area contributed by atoms with Crippen molar-refractivity contribution in [3.8, 4) is 0 Å². The molecule has 3 rings (SSSR count). The van der Waals surface area contributed by atoms with Crippen LogP contribution in [0, 0.1) is 6.92 Å². The van der Waals surface area contributed by atoms with Crippen LogP contribution >= 0.6 is 0 Å². The molecular formula is C19H26N4O2. The van der Waals surface area contributed by atoms with Gasteiger partial charge >= 0.3 is 0 Å². The van der Waals surface area contributed by atoms with Crippen LogP contribution in [0.1, 0.15) is 47.6 Å². The number of hydrogen-bond acceptors (Lipinski definition) is 4. The van der Waals surface area contributed by atoms with Gasteiger partial charge in [-0.3, -0.25) is 9.89 Å². The van der Waals surface area contributed by atoms with Crippen molar-refractivity contribution in [3.63, 3.8) is 0 Å². The molecule has 134 valence electrons. The van der Waals surface area contributed by atoms with Crippen molar-refractivity contribution < 1.29 is 9.53 Å². The lowest BCUT2D eigenvalue weighted by Crippen LogP contribution is -2.57. The molecule has 3 N–H and O–H groups in total. The molecule has 6 heteroatoms. The van der Waals surface area contributed by atoms with Crippen LogP contribution in [0.3, 0.4) is 0 Å². The zero-order chi connectivity index (χ0) is 17.7. The van der Waals surface area contributed by atoms with Gasteiger partial charge in [-0.1, -0.05) is 30.3 Å². The Morgan fingerprint density at radius 1 is 1.32 bits per heavy atom. The van der Waals surface area contributed by atoms with E-state index in [-0.39, 0.29) is 17.5 Å². The summed E-state index contributed by atoms with van der Waals surface area (Å²) in [4.78, 5) is 12.3. The molecule has 6 nitrogen and oxygen atoms in total. The van der Waals surface area contributed by atoms with Gasteiger partial charge in [-0.05, 0) is 38.3 Å². The SMILES string of the molecule is Cc1cc(C(=O)NCC2(NC(C)c3ccccc3)CCOCC2)n[nH]1. The van der Waals surface area contributed by atoms with Crippen molar-refractivity contribution >= 4 is 5.91 Å². The van der Waals surface area contributed by atoms with Gasteiger partial charge in [0.2, 0.25) is 0 Å².